The SMILES string of the molecule is Cc1ccc(CN2CCC(N)C2C)cc1Br. The number of nitrogens with zero attached hydrogens (tertiary/aromatic N) is 1. The fourth-order valence-electron chi connectivity index (χ4n) is 2.22. The topological polar surface area (TPSA) is 29.3 Å². The quantitative estimate of drug-likeness (QED) is 0.904. The lowest BCUT2D eigenvalue weighted by Gasteiger charge is -2.23. The summed E-state index contributed by atoms with van der Waals surface area (Å²) < 4.78 is 1.20. The molecule has 1 aliphatic rings. The molecule has 88 valence electrons. The molecule has 1 saturated heterocycles. The first-order valence-electron chi connectivity index (χ1n) is 5.82. The fourth-order valence-corrected chi connectivity index (χ4v) is 2.65. The Labute approximate surface area is 106 Å². The summed E-state index contributed by atoms with van der Waals surface area (Å²) in [5, 5.41) is 0. The summed E-state index contributed by atoms with van der Waals surface area (Å²) in [4.78, 5) is 2.46. The third kappa shape index (κ3) is 2.47. The van der Waals surface area contributed by atoms with Crippen LogP contribution in [-0.2, 0) is 6.54 Å². The molecule has 1 aromatic carbocycles. The predicted octanol–water partition coefficient (Wildman–Crippen LogP) is 2.68. The second-order valence-electron chi connectivity index (χ2n) is 4.75. The van der Waals surface area contributed by atoms with E-state index in [4.69, 9.17) is 5.73 Å². The Morgan fingerprint density at radius 3 is 2.81 bits per heavy atom. The minimum atomic E-state index is 0.342. The number of likely N-dealkylation sites (tertiary alicyclic amines) is 1. The lowest BCUT2D eigenvalue weighted by molar-refractivity contribution is 0.251. The third-order valence-corrected chi connectivity index (χ3v) is 4.42. The van der Waals surface area contributed by atoms with Gasteiger partial charge in [-0.25, -0.2) is 0 Å². The van der Waals surface area contributed by atoms with Gasteiger partial charge in [-0.15, -0.1) is 0 Å². The molecule has 0 radical (unpaired) electrons. The van der Waals surface area contributed by atoms with Gasteiger partial charge in [0.25, 0.3) is 0 Å². The van der Waals surface area contributed by atoms with Crippen molar-refractivity contribution in [1.82, 2.24) is 4.90 Å². The van der Waals surface area contributed by atoms with Gasteiger partial charge in [-0.05, 0) is 37.5 Å². The molecule has 0 aliphatic carbocycles. The summed E-state index contributed by atoms with van der Waals surface area (Å²) >= 11 is 3.58. The van der Waals surface area contributed by atoms with E-state index in [1.165, 1.54) is 15.6 Å². The van der Waals surface area contributed by atoms with E-state index in [-0.39, 0.29) is 0 Å². The van der Waals surface area contributed by atoms with Gasteiger partial charge in [0.05, 0.1) is 0 Å². The molecule has 16 heavy (non-hydrogen) atoms. The van der Waals surface area contributed by atoms with Crippen molar-refractivity contribution >= 4 is 15.9 Å². The molecule has 0 spiro atoms. The van der Waals surface area contributed by atoms with Crippen LogP contribution in [0.1, 0.15) is 24.5 Å². The first kappa shape index (κ1) is 12.1. The molecule has 1 heterocycles. The Bertz CT molecular complexity index is 378. The number of benzene rings is 1. The minimum absolute atomic E-state index is 0.342. The Hall–Kier alpha value is -0.380. The van der Waals surface area contributed by atoms with Gasteiger partial charge < -0.3 is 5.73 Å². The third-order valence-electron chi connectivity index (χ3n) is 3.57. The first-order chi connectivity index (χ1) is 7.58. The van der Waals surface area contributed by atoms with Crippen LogP contribution >= 0.6 is 15.9 Å². The average Bonchev–Trinajstić information content (AvgIpc) is 2.55. The van der Waals surface area contributed by atoms with E-state index < -0.39 is 0 Å². The van der Waals surface area contributed by atoms with Gasteiger partial charge in [0.1, 0.15) is 0 Å². The standard InChI is InChI=1S/C13H19BrN2/c1-9-3-4-11(7-12(9)14)8-16-6-5-13(15)10(16)2/h3-4,7,10,13H,5-6,8,15H2,1-2H3. The predicted molar refractivity (Wildman–Crippen MR) is 71.3 cm³/mol. The van der Waals surface area contributed by atoms with Crippen LogP contribution in [-0.4, -0.2) is 23.5 Å². The number of rotatable bonds is 2. The number of halogens is 1. The minimum Gasteiger partial charge on any atom is -0.326 e. The molecule has 2 nitrogen and oxygen atoms in total. The maximum atomic E-state index is 6.03. The van der Waals surface area contributed by atoms with Gasteiger partial charge in [0, 0.05) is 29.6 Å². The Morgan fingerprint density at radius 1 is 1.50 bits per heavy atom. The molecule has 2 rings (SSSR count). The van der Waals surface area contributed by atoms with Gasteiger partial charge >= 0.3 is 0 Å². The van der Waals surface area contributed by atoms with Crippen LogP contribution in [0, 0.1) is 6.92 Å². The van der Waals surface area contributed by atoms with Crippen molar-refractivity contribution in [2.24, 2.45) is 5.73 Å². The summed E-state index contributed by atoms with van der Waals surface area (Å²) in [6.07, 6.45) is 1.12. The highest BCUT2D eigenvalue weighted by atomic mass is 79.9. The van der Waals surface area contributed by atoms with Crippen LogP contribution in [0.25, 0.3) is 0 Å². The van der Waals surface area contributed by atoms with Crippen LogP contribution in [0.15, 0.2) is 22.7 Å². The molecule has 1 aliphatic heterocycles. The summed E-state index contributed by atoms with van der Waals surface area (Å²) in [5.41, 5.74) is 8.67. The molecule has 2 unspecified atom stereocenters. The molecule has 2 atom stereocenters. The molecule has 0 bridgehead atoms. The van der Waals surface area contributed by atoms with Crippen LogP contribution in [0.2, 0.25) is 0 Å². The summed E-state index contributed by atoms with van der Waals surface area (Å²) in [6, 6.07) is 7.43. The van der Waals surface area contributed by atoms with Crippen LogP contribution < -0.4 is 5.73 Å². The van der Waals surface area contributed by atoms with E-state index >= 15 is 0 Å². The maximum Gasteiger partial charge on any atom is 0.0237 e. The van der Waals surface area contributed by atoms with E-state index in [0.29, 0.717) is 12.1 Å². The van der Waals surface area contributed by atoms with Crippen molar-refractivity contribution in [3.8, 4) is 0 Å². The zero-order chi connectivity index (χ0) is 11.7. The average molecular weight is 283 g/mol. The van der Waals surface area contributed by atoms with Crippen LogP contribution in [0.5, 0.6) is 0 Å². The largest absolute Gasteiger partial charge is 0.326 e. The van der Waals surface area contributed by atoms with Crippen molar-refractivity contribution in [2.45, 2.75) is 38.9 Å². The molecule has 1 fully saturated rings. The van der Waals surface area contributed by atoms with Gasteiger partial charge in [-0.3, -0.25) is 4.90 Å². The second-order valence-corrected chi connectivity index (χ2v) is 5.60. The fraction of sp³-hybridized carbons (Fsp3) is 0.538. The lowest BCUT2D eigenvalue weighted by Crippen LogP contribution is -2.36. The molecule has 3 heteroatoms. The molecule has 1 aromatic rings. The highest BCUT2D eigenvalue weighted by Crippen LogP contribution is 2.22. The Balaban J connectivity index is 2.07. The van der Waals surface area contributed by atoms with Crippen molar-refractivity contribution in [3.63, 3.8) is 0 Å². The molecular weight excluding hydrogens is 264 g/mol. The summed E-state index contributed by atoms with van der Waals surface area (Å²) in [6.45, 7) is 6.46. The number of hydrogen-bond donors (Lipinski definition) is 1. The zero-order valence-corrected chi connectivity index (χ0v) is 11.5. The van der Waals surface area contributed by atoms with Gasteiger partial charge in [-0.1, -0.05) is 28.1 Å². The summed E-state index contributed by atoms with van der Waals surface area (Å²) in [5.74, 6) is 0. The van der Waals surface area contributed by atoms with Crippen LogP contribution in [0.4, 0.5) is 0 Å². The van der Waals surface area contributed by atoms with E-state index in [9.17, 15) is 0 Å². The monoisotopic (exact) mass is 282 g/mol. The van der Waals surface area contributed by atoms with Gasteiger partial charge in [-0.2, -0.15) is 0 Å². The van der Waals surface area contributed by atoms with E-state index in [1.807, 2.05) is 0 Å². The highest BCUT2D eigenvalue weighted by molar-refractivity contribution is 9.10. The lowest BCUT2D eigenvalue weighted by atomic mass is 10.1. The molecule has 2 N–H and O–H groups in total. The highest BCUT2D eigenvalue weighted by Gasteiger charge is 2.27. The number of hydrogen-bond acceptors (Lipinski definition) is 2. The molecule has 0 amide bonds. The Morgan fingerprint density at radius 2 is 2.25 bits per heavy atom. The van der Waals surface area contributed by atoms with Gasteiger partial charge in [0.2, 0.25) is 0 Å². The number of nitrogens with two attached hydrogens (primary N) is 1. The zero-order valence-electron chi connectivity index (χ0n) is 9.91. The van der Waals surface area contributed by atoms with Crippen LogP contribution in [0.3, 0.4) is 0 Å². The van der Waals surface area contributed by atoms with Crippen molar-refractivity contribution in [3.05, 3.63) is 33.8 Å². The summed E-state index contributed by atoms with van der Waals surface area (Å²) in [7, 11) is 0. The normalized spacial score (nSPS) is 26.2. The second kappa shape index (κ2) is 4.86. The first-order valence-corrected chi connectivity index (χ1v) is 6.62. The van der Waals surface area contributed by atoms with Gasteiger partial charge in [0.15, 0.2) is 0 Å². The molecular formula is C13H19BrN2. The molecule has 0 saturated carbocycles. The van der Waals surface area contributed by atoms with E-state index in [0.717, 1.165) is 19.5 Å². The van der Waals surface area contributed by atoms with E-state index in [1.54, 1.807) is 0 Å². The smallest absolute Gasteiger partial charge is 0.0237 e. The number of aryl methyl sites for hydroxylation is 1. The van der Waals surface area contributed by atoms with Crippen molar-refractivity contribution in [2.75, 3.05) is 6.54 Å². The molecule has 0 aromatic heterocycles. The van der Waals surface area contributed by atoms with Crippen molar-refractivity contribution in [1.29, 1.82) is 0 Å². The van der Waals surface area contributed by atoms with E-state index in [2.05, 4.69) is 52.9 Å². The Kier molecular flexibility index (Phi) is 3.67. The maximum absolute atomic E-state index is 6.03. The van der Waals surface area contributed by atoms with Crippen molar-refractivity contribution < 1.29 is 0 Å².